The van der Waals surface area contributed by atoms with E-state index in [0.29, 0.717) is 16.5 Å². The zero-order valence-electron chi connectivity index (χ0n) is 18.1. The van der Waals surface area contributed by atoms with Crippen LogP contribution in [0, 0.1) is 0 Å². The third-order valence-electron chi connectivity index (χ3n) is 4.84. The summed E-state index contributed by atoms with van der Waals surface area (Å²) in [5, 5.41) is 5.89. The van der Waals surface area contributed by atoms with Crippen molar-refractivity contribution in [3.05, 3.63) is 83.3 Å². The van der Waals surface area contributed by atoms with Crippen LogP contribution in [0.2, 0.25) is 5.02 Å². The van der Waals surface area contributed by atoms with Gasteiger partial charge in [0, 0.05) is 5.02 Å². The molecular formula is C23H24ClN3O5S. The highest BCUT2D eigenvalue weighted by molar-refractivity contribution is 7.92. The number of nitrogens with one attached hydrogen (secondary N) is 2. The lowest BCUT2D eigenvalue weighted by Gasteiger charge is -2.30. The van der Waals surface area contributed by atoms with Crippen molar-refractivity contribution in [1.29, 1.82) is 0 Å². The average Bonchev–Trinajstić information content (AvgIpc) is 3.30. The average molecular weight is 490 g/mol. The van der Waals surface area contributed by atoms with Crippen LogP contribution in [0.1, 0.15) is 29.5 Å². The predicted molar refractivity (Wildman–Crippen MR) is 128 cm³/mol. The van der Waals surface area contributed by atoms with Gasteiger partial charge < -0.3 is 15.1 Å². The fourth-order valence-corrected chi connectivity index (χ4v) is 4.67. The van der Waals surface area contributed by atoms with Crippen LogP contribution in [-0.2, 0) is 21.4 Å². The maximum Gasteiger partial charge on any atom is 0.253 e. The summed E-state index contributed by atoms with van der Waals surface area (Å²) < 4.78 is 31.4. The zero-order chi connectivity index (χ0) is 24.0. The molecule has 10 heteroatoms. The molecule has 1 aromatic heterocycles. The molecule has 3 rings (SSSR count). The van der Waals surface area contributed by atoms with E-state index in [1.165, 1.54) is 18.4 Å². The standard InChI is InChI=1S/C23H24ClN3O5S/c1-3-21(27(33(2,30)31)17-12-10-16(24)11-13-17)23(29)26-20-9-5-4-8-19(20)22(28)25-15-18-7-6-14-32-18/h4-14,21H,3,15H2,1-2H3,(H,25,28)(H,26,29)/t21-/m1/s1. The Bertz CT molecular complexity index is 1210. The van der Waals surface area contributed by atoms with Gasteiger partial charge >= 0.3 is 0 Å². The Morgan fingerprint density at radius 2 is 1.76 bits per heavy atom. The van der Waals surface area contributed by atoms with Crippen LogP contribution in [0.5, 0.6) is 0 Å². The molecule has 0 saturated carbocycles. The molecule has 8 nitrogen and oxygen atoms in total. The Kier molecular flexibility index (Phi) is 7.78. The summed E-state index contributed by atoms with van der Waals surface area (Å²) >= 11 is 5.93. The highest BCUT2D eigenvalue weighted by Gasteiger charge is 2.32. The predicted octanol–water partition coefficient (Wildman–Crippen LogP) is 4.05. The number of carbonyl (C=O) groups excluding carboxylic acids is 2. The minimum absolute atomic E-state index is 0.185. The molecule has 1 atom stereocenters. The Balaban J connectivity index is 1.84. The molecule has 0 aliphatic carbocycles. The number of anilines is 2. The Morgan fingerprint density at radius 1 is 1.06 bits per heavy atom. The molecule has 0 spiro atoms. The number of hydrogen-bond donors (Lipinski definition) is 2. The van der Waals surface area contributed by atoms with Gasteiger partial charge in [0.1, 0.15) is 11.8 Å². The van der Waals surface area contributed by atoms with Crippen molar-refractivity contribution in [2.45, 2.75) is 25.9 Å². The number of para-hydroxylation sites is 1. The van der Waals surface area contributed by atoms with E-state index >= 15 is 0 Å². The molecule has 2 aromatic carbocycles. The summed E-state index contributed by atoms with van der Waals surface area (Å²) in [5.74, 6) is -0.389. The smallest absolute Gasteiger partial charge is 0.253 e. The Morgan fingerprint density at radius 3 is 2.36 bits per heavy atom. The number of carbonyl (C=O) groups is 2. The van der Waals surface area contributed by atoms with E-state index in [9.17, 15) is 18.0 Å². The SMILES string of the molecule is CC[C@H](C(=O)Nc1ccccc1C(=O)NCc1ccco1)N(c1ccc(Cl)cc1)S(C)(=O)=O. The highest BCUT2D eigenvalue weighted by Crippen LogP contribution is 2.25. The first kappa shape index (κ1) is 24.3. The number of nitrogens with zero attached hydrogens (tertiary/aromatic N) is 1. The molecule has 0 radical (unpaired) electrons. The quantitative estimate of drug-likeness (QED) is 0.471. The molecule has 0 aliphatic heterocycles. The molecule has 1 heterocycles. The minimum atomic E-state index is -3.80. The van der Waals surface area contributed by atoms with Crippen molar-refractivity contribution in [1.82, 2.24) is 5.32 Å². The van der Waals surface area contributed by atoms with Crippen molar-refractivity contribution >= 4 is 44.8 Å². The van der Waals surface area contributed by atoms with E-state index in [0.717, 1.165) is 10.6 Å². The molecule has 0 bridgehead atoms. The zero-order valence-corrected chi connectivity index (χ0v) is 19.7. The van der Waals surface area contributed by atoms with E-state index in [2.05, 4.69) is 10.6 Å². The maximum absolute atomic E-state index is 13.2. The summed E-state index contributed by atoms with van der Waals surface area (Å²) in [5.41, 5.74) is 0.820. The van der Waals surface area contributed by atoms with Crippen molar-refractivity contribution in [2.75, 3.05) is 15.9 Å². The third kappa shape index (κ3) is 6.15. The molecule has 3 aromatic rings. The molecule has 2 amide bonds. The molecule has 33 heavy (non-hydrogen) atoms. The van der Waals surface area contributed by atoms with Crippen molar-refractivity contribution in [3.63, 3.8) is 0 Å². The van der Waals surface area contributed by atoms with Gasteiger partial charge in [-0.15, -0.1) is 0 Å². The number of benzene rings is 2. The van der Waals surface area contributed by atoms with Crippen LogP contribution in [0.25, 0.3) is 0 Å². The molecule has 0 aliphatic rings. The van der Waals surface area contributed by atoms with E-state index < -0.39 is 27.9 Å². The highest BCUT2D eigenvalue weighted by atomic mass is 35.5. The van der Waals surface area contributed by atoms with E-state index in [1.54, 1.807) is 55.5 Å². The van der Waals surface area contributed by atoms with Crippen LogP contribution < -0.4 is 14.9 Å². The normalized spacial score (nSPS) is 12.1. The lowest BCUT2D eigenvalue weighted by molar-refractivity contribution is -0.117. The number of furan rings is 1. The molecule has 0 saturated heterocycles. The monoisotopic (exact) mass is 489 g/mol. The number of sulfonamides is 1. The van der Waals surface area contributed by atoms with Gasteiger partial charge in [0.25, 0.3) is 5.91 Å². The number of amides is 2. The van der Waals surface area contributed by atoms with E-state index in [1.807, 2.05) is 0 Å². The van der Waals surface area contributed by atoms with Crippen molar-refractivity contribution in [2.24, 2.45) is 0 Å². The second-order valence-electron chi connectivity index (χ2n) is 7.26. The lowest BCUT2D eigenvalue weighted by atomic mass is 10.1. The van der Waals surface area contributed by atoms with Gasteiger partial charge in [-0.1, -0.05) is 30.7 Å². The second kappa shape index (κ2) is 10.5. The van der Waals surface area contributed by atoms with Gasteiger partial charge in [-0.2, -0.15) is 0 Å². The van der Waals surface area contributed by atoms with Gasteiger partial charge in [-0.3, -0.25) is 13.9 Å². The summed E-state index contributed by atoms with van der Waals surface area (Å²) in [6, 6.07) is 15.1. The van der Waals surface area contributed by atoms with Crippen LogP contribution >= 0.6 is 11.6 Å². The van der Waals surface area contributed by atoms with E-state index in [4.69, 9.17) is 16.0 Å². The number of rotatable bonds is 9. The molecule has 0 fully saturated rings. The Hall–Kier alpha value is -3.30. The first-order valence-electron chi connectivity index (χ1n) is 10.2. The van der Waals surface area contributed by atoms with Gasteiger partial charge in [-0.05, 0) is 55.0 Å². The van der Waals surface area contributed by atoms with Gasteiger partial charge in [0.15, 0.2) is 0 Å². The topological polar surface area (TPSA) is 109 Å². The van der Waals surface area contributed by atoms with Crippen molar-refractivity contribution < 1.29 is 22.4 Å². The maximum atomic E-state index is 13.2. The Labute approximate surface area is 197 Å². The van der Waals surface area contributed by atoms with Gasteiger partial charge in [-0.25, -0.2) is 8.42 Å². The molecule has 174 valence electrons. The first-order valence-corrected chi connectivity index (χ1v) is 12.4. The molecule has 0 unspecified atom stereocenters. The summed E-state index contributed by atoms with van der Waals surface area (Å²) in [6.07, 6.45) is 2.75. The second-order valence-corrected chi connectivity index (χ2v) is 9.55. The lowest BCUT2D eigenvalue weighted by Crippen LogP contribution is -2.47. The summed E-state index contributed by atoms with van der Waals surface area (Å²) in [6.45, 7) is 1.89. The number of hydrogen-bond acceptors (Lipinski definition) is 5. The van der Waals surface area contributed by atoms with Crippen LogP contribution in [0.15, 0.2) is 71.3 Å². The number of halogens is 1. The third-order valence-corrected chi connectivity index (χ3v) is 6.28. The van der Waals surface area contributed by atoms with Crippen LogP contribution in [-0.4, -0.2) is 32.5 Å². The summed E-state index contributed by atoms with van der Waals surface area (Å²) in [4.78, 5) is 25.9. The first-order chi connectivity index (χ1) is 15.7. The largest absolute Gasteiger partial charge is 0.467 e. The fourth-order valence-electron chi connectivity index (χ4n) is 3.33. The molecule has 2 N–H and O–H groups in total. The summed E-state index contributed by atoms with van der Waals surface area (Å²) in [7, 11) is -3.80. The minimum Gasteiger partial charge on any atom is -0.467 e. The van der Waals surface area contributed by atoms with Crippen LogP contribution in [0.4, 0.5) is 11.4 Å². The fraction of sp³-hybridized carbons (Fsp3) is 0.217. The van der Waals surface area contributed by atoms with Crippen LogP contribution in [0.3, 0.4) is 0 Å². The van der Waals surface area contributed by atoms with Gasteiger partial charge in [0.2, 0.25) is 15.9 Å². The molecular weight excluding hydrogens is 466 g/mol. The van der Waals surface area contributed by atoms with Gasteiger partial charge in [0.05, 0.1) is 36.0 Å². The van der Waals surface area contributed by atoms with Crippen molar-refractivity contribution in [3.8, 4) is 0 Å². The van der Waals surface area contributed by atoms with E-state index in [-0.39, 0.29) is 24.2 Å².